The number of halogens is 1. The molecule has 0 radical (unpaired) electrons. The van der Waals surface area contributed by atoms with E-state index in [9.17, 15) is 18.8 Å². The fourth-order valence-corrected chi connectivity index (χ4v) is 3.58. The van der Waals surface area contributed by atoms with E-state index in [-0.39, 0.29) is 11.7 Å². The van der Waals surface area contributed by atoms with E-state index in [0.29, 0.717) is 0 Å². The molecule has 2 heterocycles. The highest BCUT2D eigenvalue weighted by Crippen LogP contribution is 2.39. The Hall–Kier alpha value is -1.68. The maximum Gasteiger partial charge on any atom is 0.303 e. The van der Waals surface area contributed by atoms with Gasteiger partial charge in [-0.3, -0.25) is 19.4 Å². The Labute approximate surface area is 142 Å². The minimum Gasteiger partial charge on any atom is -0.463 e. The number of fused-ring (bicyclic) bond motifs is 1. The number of aliphatic imine (C=N–C) groups is 1. The molecule has 8 nitrogen and oxygen atoms in total. The summed E-state index contributed by atoms with van der Waals surface area (Å²) in [4.78, 5) is 38.1. The second-order valence-corrected chi connectivity index (χ2v) is 6.43. The van der Waals surface area contributed by atoms with Crippen molar-refractivity contribution in [3.05, 3.63) is 0 Å². The number of hydrogen-bond donors (Lipinski definition) is 0. The lowest BCUT2D eigenvalue weighted by atomic mass is 9.98. The molecule has 5 atom stereocenters. The fourth-order valence-electron chi connectivity index (χ4n) is 2.52. The van der Waals surface area contributed by atoms with Gasteiger partial charge in [-0.25, -0.2) is 4.39 Å². The molecule has 134 valence electrons. The van der Waals surface area contributed by atoms with Crippen LogP contribution in [0.25, 0.3) is 0 Å². The molecule has 0 amide bonds. The molecular formula is C14H18FNO7S. The molecular weight excluding hydrogens is 345 g/mol. The molecule has 1 fully saturated rings. The van der Waals surface area contributed by atoms with Crippen LogP contribution in [0.1, 0.15) is 20.8 Å². The van der Waals surface area contributed by atoms with Crippen molar-refractivity contribution in [3.8, 4) is 0 Å². The summed E-state index contributed by atoms with van der Waals surface area (Å²) >= 11 is 1.06. The third-order valence-electron chi connectivity index (χ3n) is 3.33. The van der Waals surface area contributed by atoms with Gasteiger partial charge >= 0.3 is 17.9 Å². The topological polar surface area (TPSA) is 100 Å². The lowest BCUT2D eigenvalue weighted by Crippen LogP contribution is -2.59. The quantitative estimate of drug-likeness (QED) is 0.518. The van der Waals surface area contributed by atoms with Gasteiger partial charge in [0.2, 0.25) is 0 Å². The van der Waals surface area contributed by atoms with E-state index >= 15 is 0 Å². The summed E-state index contributed by atoms with van der Waals surface area (Å²) in [7, 11) is 0. The maximum atomic E-state index is 12.9. The molecule has 24 heavy (non-hydrogen) atoms. The van der Waals surface area contributed by atoms with Gasteiger partial charge in [0.05, 0.1) is 0 Å². The number of carbonyl (C=O) groups excluding carboxylic acids is 3. The van der Waals surface area contributed by atoms with Crippen LogP contribution in [0.15, 0.2) is 4.99 Å². The van der Waals surface area contributed by atoms with E-state index < -0.39 is 54.4 Å². The van der Waals surface area contributed by atoms with Gasteiger partial charge in [0.15, 0.2) is 12.2 Å². The number of esters is 3. The minimum atomic E-state index is -1.02. The number of rotatable bonds is 5. The highest BCUT2D eigenvalue weighted by molar-refractivity contribution is 8.14. The van der Waals surface area contributed by atoms with Gasteiger partial charge in [-0.2, -0.15) is 0 Å². The van der Waals surface area contributed by atoms with Gasteiger partial charge in [0.25, 0.3) is 0 Å². The molecule has 2 aliphatic rings. The highest BCUT2D eigenvalue weighted by Gasteiger charge is 2.53. The first-order chi connectivity index (χ1) is 11.3. The van der Waals surface area contributed by atoms with Crippen molar-refractivity contribution in [2.24, 2.45) is 4.99 Å². The lowest BCUT2D eigenvalue weighted by molar-refractivity contribution is -0.208. The van der Waals surface area contributed by atoms with E-state index in [1.54, 1.807) is 0 Å². The van der Waals surface area contributed by atoms with Crippen molar-refractivity contribution in [2.45, 2.75) is 50.6 Å². The molecule has 0 aromatic heterocycles. The Morgan fingerprint density at radius 1 is 1.12 bits per heavy atom. The second kappa shape index (κ2) is 7.93. The molecule has 0 bridgehead atoms. The fraction of sp³-hybridized carbons (Fsp3) is 0.714. The molecule has 2 aliphatic heterocycles. The van der Waals surface area contributed by atoms with E-state index in [2.05, 4.69) is 4.99 Å². The zero-order valence-corrected chi connectivity index (χ0v) is 14.2. The van der Waals surface area contributed by atoms with Gasteiger partial charge in [0.1, 0.15) is 35.9 Å². The third-order valence-corrected chi connectivity index (χ3v) is 4.44. The largest absolute Gasteiger partial charge is 0.463 e. The van der Waals surface area contributed by atoms with Crippen LogP contribution in [0, 0.1) is 0 Å². The van der Waals surface area contributed by atoms with E-state index in [1.165, 1.54) is 20.8 Å². The summed E-state index contributed by atoms with van der Waals surface area (Å²) in [6.45, 7) is 2.66. The third kappa shape index (κ3) is 4.44. The number of ether oxygens (including phenoxy) is 4. The first kappa shape index (κ1) is 18.7. The van der Waals surface area contributed by atoms with Crippen molar-refractivity contribution in [2.75, 3.05) is 13.3 Å². The molecule has 0 aromatic carbocycles. The number of carbonyl (C=O) groups is 3. The molecule has 0 spiro atoms. The molecule has 1 saturated heterocycles. The van der Waals surface area contributed by atoms with Crippen LogP contribution < -0.4 is 0 Å². The monoisotopic (exact) mass is 363 g/mol. The lowest BCUT2D eigenvalue weighted by Gasteiger charge is -2.41. The van der Waals surface area contributed by atoms with Crippen molar-refractivity contribution >= 4 is 34.7 Å². The second-order valence-electron chi connectivity index (χ2n) is 5.26. The Morgan fingerprint density at radius 2 is 1.75 bits per heavy atom. The summed E-state index contributed by atoms with van der Waals surface area (Å²) in [5.41, 5.74) is -0.618. The summed E-state index contributed by atoms with van der Waals surface area (Å²) in [6, 6.07) is -0.706. The van der Waals surface area contributed by atoms with E-state index in [0.717, 1.165) is 11.8 Å². The van der Waals surface area contributed by atoms with Crippen LogP contribution >= 0.6 is 11.8 Å². The average molecular weight is 363 g/mol. The normalized spacial score (nSPS) is 31.7. The Morgan fingerprint density at radius 3 is 2.29 bits per heavy atom. The predicted octanol–water partition coefficient (Wildman–Crippen LogP) is 0.621. The molecule has 0 saturated carbocycles. The zero-order valence-electron chi connectivity index (χ0n) is 13.4. The van der Waals surface area contributed by atoms with Crippen molar-refractivity contribution in [1.29, 1.82) is 0 Å². The Bertz CT molecular complexity index is 555. The first-order valence-electron chi connectivity index (χ1n) is 7.24. The Balaban J connectivity index is 2.27. The molecule has 10 heteroatoms. The zero-order chi connectivity index (χ0) is 17.9. The average Bonchev–Trinajstić information content (AvgIpc) is 2.89. The van der Waals surface area contributed by atoms with Crippen LogP contribution in [0.4, 0.5) is 4.39 Å². The van der Waals surface area contributed by atoms with Gasteiger partial charge in [-0.1, -0.05) is 11.8 Å². The molecule has 0 N–H and O–H groups in total. The van der Waals surface area contributed by atoms with Gasteiger partial charge in [-0.05, 0) is 0 Å². The Kier molecular flexibility index (Phi) is 6.16. The van der Waals surface area contributed by atoms with Crippen LogP contribution in [0.5, 0.6) is 0 Å². The standard InChI is InChI=1S/C14H18FNO7S/c1-6(17)20-5-9-12(21-7(2)18)13(22-8(3)19)11-14(23-9)24-10(4-15)16-11/h9,11-14H,4-5H2,1-3H3/t9-,11-,12-,13-,14-/m1/s1. The molecule has 0 aliphatic carbocycles. The smallest absolute Gasteiger partial charge is 0.303 e. The van der Waals surface area contributed by atoms with E-state index in [1.807, 2.05) is 0 Å². The summed E-state index contributed by atoms with van der Waals surface area (Å²) in [5, 5.41) is 0.205. The van der Waals surface area contributed by atoms with Crippen LogP contribution in [-0.4, -0.2) is 66.0 Å². The van der Waals surface area contributed by atoms with Crippen LogP contribution in [0.3, 0.4) is 0 Å². The van der Waals surface area contributed by atoms with Crippen molar-refractivity contribution in [3.63, 3.8) is 0 Å². The van der Waals surface area contributed by atoms with E-state index in [4.69, 9.17) is 18.9 Å². The summed E-state index contributed by atoms with van der Waals surface area (Å²) in [6.07, 6.45) is -2.83. The van der Waals surface area contributed by atoms with Crippen LogP contribution in [0.2, 0.25) is 0 Å². The minimum absolute atomic E-state index is 0.195. The predicted molar refractivity (Wildman–Crippen MR) is 81.2 cm³/mol. The molecule has 0 unspecified atom stereocenters. The summed E-state index contributed by atoms with van der Waals surface area (Å²) in [5.74, 6) is -1.75. The number of alkyl halides is 1. The van der Waals surface area contributed by atoms with Gasteiger partial charge in [-0.15, -0.1) is 0 Å². The summed E-state index contributed by atoms with van der Waals surface area (Å²) < 4.78 is 34.1. The molecule has 0 aromatic rings. The van der Waals surface area contributed by atoms with Crippen LogP contribution in [-0.2, 0) is 33.3 Å². The van der Waals surface area contributed by atoms with Gasteiger partial charge in [0, 0.05) is 20.8 Å². The number of nitrogens with zero attached hydrogens (tertiary/aromatic N) is 1. The maximum absolute atomic E-state index is 12.9. The number of thioether (sulfide) groups is 1. The van der Waals surface area contributed by atoms with Gasteiger partial charge < -0.3 is 18.9 Å². The van der Waals surface area contributed by atoms with Crippen molar-refractivity contribution < 1.29 is 37.7 Å². The highest BCUT2D eigenvalue weighted by atomic mass is 32.2. The number of hydrogen-bond acceptors (Lipinski definition) is 9. The molecule has 2 rings (SSSR count). The first-order valence-corrected chi connectivity index (χ1v) is 8.12. The SMILES string of the molecule is CC(=O)OC[C@H]1O[C@@H]2SC(CF)=N[C@@H]2[C@@H](OC(C)=O)[C@@H]1OC(C)=O. The van der Waals surface area contributed by atoms with Crippen molar-refractivity contribution in [1.82, 2.24) is 0 Å².